The van der Waals surface area contributed by atoms with Crippen molar-refractivity contribution in [2.75, 3.05) is 13.1 Å². The van der Waals surface area contributed by atoms with Gasteiger partial charge >= 0.3 is 0 Å². The summed E-state index contributed by atoms with van der Waals surface area (Å²) in [5, 5.41) is 0.444. The summed E-state index contributed by atoms with van der Waals surface area (Å²) in [6, 6.07) is 4.90. The van der Waals surface area contributed by atoms with E-state index in [1.165, 1.54) is 6.07 Å². The number of rotatable bonds is 3. The van der Waals surface area contributed by atoms with Gasteiger partial charge in [-0.25, -0.2) is 9.37 Å². The van der Waals surface area contributed by atoms with Crippen molar-refractivity contribution >= 4 is 11.6 Å². The predicted octanol–water partition coefficient (Wildman–Crippen LogP) is 3.51. The number of benzene rings is 1. The van der Waals surface area contributed by atoms with Crippen molar-refractivity contribution in [2.45, 2.75) is 25.8 Å². The van der Waals surface area contributed by atoms with E-state index in [4.69, 9.17) is 11.6 Å². The largest absolute Gasteiger partial charge is 0.337 e. The van der Waals surface area contributed by atoms with Crippen molar-refractivity contribution in [3.63, 3.8) is 0 Å². The van der Waals surface area contributed by atoms with Gasteiger partial charge in [0.05, 0.1) is 5.69 Å². The van der Waals surface area contributed by atoms with Gasteiger partial charge in [-0.1, -0.05) is 17.7 Å². The third-order valence-electron chi connectivity index (χ3n) is 4.08. The number of likely N-dealkylation sites (tertiary alicyclic amines) is 1. The van der Waals surface area contributed by atoms with Crippen molar-refractivity contribution in [1.82, 2.24) is 14.5 Å². The smallest absolute Gasteiger partial charge is 0.129 e. The molecule has 1 aliphatic rings. The van der Waals surface area contributed by atoms with E-state index in [-0.39, 0.29) is 5.82 Å². The minimum atomic E-state index is -0.223. The van der Waals surface area contributed by atoms with Crippen molar-refractivity contribution in [3.05, 3.63) is 52.3 Å². The average molecular weight is 308 g/mol. The number of nitrogens with zero attached hydrogens (tertiary/aromatic N) is 3. The zero-order valence-corrected chi connectivity index (χ0v) is 13.1. The minimum Gasteiger partial charge on any atom is -0.337 e. The molecule has 3 rings (SSSR count). The van der Waals surface area contributed by atoms with Crippen molar-refractivity contribution in [2.24, 2.45) is 7.05 Å². The molecule has 1 aromatic heterocycles. The van der Waals surface area contributed by atoms with Gasteiger partial charge in [0, 0.05) is 42.8 Å². The molecule has 1 fully saturated rings. The Morgan fingerprint density at radius 2 is 2.24 bits per heavy atom. The average Bonchev–Trinajstić information content (AvgIpc) is 2.99. The van der Waals surface area contributed by atoms with Gasteiger partial charge in [-0.2, -0.15) is 0 Å². The van der Waals surface area contributed by atoms with Crippen LogP contribution in [0, 0.1) is 12.7 Å². The SMILES string of the molecule is Cc1cn(C)c([C@@H]2CCN(Cc3ccc(Cl)cc3F)C2)n1. The molecule has 0 aliphatic carbocycles. The van der Waals surface area contributed by atoms with Crippen LogP contribution >= 0.6 is 11.6 Å². The summed E-state index contributed by atoms with van der Waals surface area (Å²) in [7, 11) is 2.04. The Kier molecular flexibility index (Phi) is 4.00. The summed E-state index contributed by atoms with van der Waals surface area (Å²) >= 11 is 5.79. The molecule has 3 nitrogen and oxygen atoms in total. The summed E-state index contributed by atoms with van der Waals surface area (Å²) in [4.78, 5) is 6.89. The second-order valence-corrected chi connectivity index (χ2v) is 6.24. The second kappa shape index (κ2) is 5.78. The van der Waals surface area contributed by atoms with E-state index in [0.717, 1.165) is 31.0 Å². The molecular weight excluding hydrogens is 289 g/mol. The molecule has 0 spiro atoms. The monoisotopic (exact) mass is 307 g/mol. The molecule has 2 heterocycles. The zero-order valence-electron chi connectivity index (χ0n) is 12.3. The van der Waals surface area contributed by atoms with Crippen LogP contribution in [-0.4, -0.2) is 27.5 Å². The van der Waals surface area contributed by atoms with Crippen LogP contribution < -0.4 is 0 Å². The normalized spacial score (nSPS) is 19.3. The number of imidazole rings is 1. The Bertz CT molecular complexity index is 653. The Hall–Kier alpha value is -1.39. The highest BCUT2D eigenvalue weighted by molar-refractivity contribution is 6.30. The first-order chi connectivity index (χ1) is 10.0. The number of hydrogen-bond donors (Lipinski definition) is 0. The van der Waals surface area contributed by atoms with Crippen LogP contribution in [0.15, 0.2) is 24.4 Å². The molecule has 1 atom stereocenters. The van der Waals surface area contributed by atoms with Gasteiger partial charge in [0.1, 0.15) is 11.6 Å². The molecule has 0 radical (unpaired) electrons. The Balaban J connectivity index is 1.68. The predicted molar refractivity (Wildman–Crippen MR) is 82.0 cm³/mol. The summed E-state index contributed by atoms with van der Waals surface area (Å²) < 4.78 is 16.0. The molecule has 0 bridgehead atoms. The molecule has 0 amide bonds. The molecule has 5 heteroatoms. The molecule has 1 aromatic carbocycles. The first kappa shape index (κ1) is 14.5. The molecule has 0 N–H and O–H groups in total. The van der Waals surface area contributed by atoms with E-state index >= 15 is 0 Å². The summed E-state index contributed by atoms with van der Waals surface area (Å²) in [6.45, 7) is 4.53. The quantitative estimate of drug-likeness (QED) is 0.865. The first-order valence-electron chi connectivity index (χ1n) is 7.19. The van der Waals surface area contributed by atoms with Crippen LogP contribution in [-0.2, 0) is 13.6 Å². The zero-order chi connectivity index (χ0) is 15.0. The van der Waals surface area contributed by atoms with Crippen LogP contribution in [0.2, 0.25) is 5.02 Å². The molecule has 2 aromatic rings. The standard InChI is InChI=1S/C16H19ClFN3/c1-11-8-20(2)16(19-11)13-5-6-21(10-13)9-12-3-4-14(17)7-15(12)18/h3-4,7-8,13H,5-6,9-10H2,1-2H3/t13-/m1/s1. The number of aromatic nitrogens is 2. The highest BCUT2D eigenvalue weighted by atomic mass is 35.5. The van der Waals surface area contributed by atoms with Crippen LogP contribution in [0.1, 0.15) is 29.4 Å². The number of aryl methyl sites for hydroxylation is 2. The van der Waals surface area contributed by atoms with Crippen molar-refractivity contribution < 1.29 is 4.39 Å². The van der Waals surface area contributed by atoms with Crippen LogP contribution in [0.4, 0.5) is 4.39 Å². The van der Waals surface area contributed by atoms with Crippen molar-refractivity contribution in [3.8, 4) is 0 Å². The fourth-order valence-corrected chi connectivity index (χ4v) is 3.25. The maximum atomic E-state index is 13.9. The summed E-state index contributed by atoms with van der Waals surface area (Å²) in [5.74, 6) is 1.34. The Labute approximate surface area is 129 Å². The Morgan fingerprint density at radius 1 is 1.43 bits per heavy atom. The third-order valence-corrected chi connectivity index (χ3v) is 4.31. The summed E-state index contributed by atoms with van der Waals surface area (Å²) in [5.41, 5.74) is 1.76. The second-order valence-electron chi connectivity index (χ2n) is 5.81. The van der Waals surface area contributed by atoms with Crippen molar-refractivity contribution in [1.29, 1.82) is 0 Å². The minimum absolute atomic E-state index is 0.223. The number of halogens is 2. The molecule has 1 aliphatic heterocycles. The maximum Gasteiger partial charge on any atom is 0.129 e. The lowest BCUT2D eigenvalue weighted by Crippen LogP contribution is -2.21. The molecule has 112 valence electrons. The van der Waals surface area contributed by atoms with Gasteiger partial charge in [0.2, 0.25) is 0 Å². The van der Waals surface area contributed by atoms with Crippen LogP contribution in [0.5, 0.6) is 0 Å². The Morgan fingerprint density at radius 3 is 2.90 bits per heavy atom. The highest BCUT2D eigenvalue weighted by Crippen LogP contribution is 2.28. The van der Waals surface area contributed by atoms with E-state index in [0.29, 0.717) is 23.0 Å². The van der Waals surface area contributed by atoms with Gasteiger partial charge in [0.15, 0.2) is 0 Å². The third kappa shape index (κ3) is 3.11. The molecule has 21 heavy (non-hydrogen) atoms. The lowest BCUT2D eigenvalue weighted by atomic mass is 10.1. The van der Waals surface area contributed by atoms with E-state index in [1.807, 2.05) is 14.0 Å². The topological polar surface area (TPSA) is 21.1 Å². The van der Waals surface area contributed by atoms with Gasteiger partial charge in [-0.05, 0) is 32.0 Å². The fraction of sp³-hybridized carbons (Fsp3) is 0.438. The fourth-order valence-electron chi connectivity index (χ4n) is 3.09. The lowest BCUT2D eigenvalue weighted by Gasteiger charge is -2.16. The van der Waals surface area contributed by atoms with Crippen LogP contribution in [0.25, 0.3) is 0 Å². The highest BCUT2D eigenvalue weighted by Gasteiger charge is 2.27. The van der Waals surface area contributed by atoms with Gasteiger partial charge in [-0.15, -0.1) is 0 Å². The van der Waals surface area contributed by atoms with E-state index in [1.54, 1.807) is 12.1 Å². The van der Waals surface area contributed by atoms with Gasteiger partial charge in [-0.3, -0.25) is 4.90 Å². The van der Waals surface area contributed by atoms with E-state index < -0.39 is 0 Å². The summed E-state index contributed by atoms with van der Waals surface area (Å²) in [6.07, 6.45) is 3.12. The van der Waals surface area contributed by atoms with E-state index in [9.17, 15) is 4.39 Å². The first-order valence-corrected chi connectivity index (χ1v) is 7.57. The molecular formula is C16H19ClFN3. The molecule has 0 unspecified atom stereocenters. The maximum absolute atomic E-state index is 13.9. The number of hydrogen-bond acceptors (Lipinski definition) is 2. The molecule has 1 saturated heterocycles. The van der Waals surface area contributed by atoms with Gasteiger partial charge in [0.25, 0.3) is 0 Å². The van der Waals surface area contributed by atoms with Crippen LogP contribution in [0.3, 0.4) is 0 Å². The van der Waals surface area contributed by atoms with Gasteiger partial charge < -0.3 is 4.57 Å². The van der Waals surface area contributed by atoms with E-state index in [2.05, 4.69) is 20.6 Å². The lowest BCUT2D eigenvalue weighted by molar-refractivity contribution is 0.319. The molecule has 0 saturated carbocycles.